The van der Waals surface area contributed by atoms with Gasteiger partial charge in [0.2, 0.25) is 11.8 Å². The standard InChI is InChI=1S/C14H23N3O3.ClH/c15-13(10-3-7-20-8-4-10)14(19)16-5-6-17(11-1-2-11)12(18)9-16;/h10-11,13H,1-9,15H2;1H. The largest absolute Gasteiger partial charge is 0.381 e. The smallest absolute Gasteiger partial charge is 0.242 e. The van der Waals surface area contributed by atoms with Crippen molar-refractivity contribution >= 4 is 24.2 Å². The molecular weight excluding hydrogens is 294 g/mol. The van der Waals surface area contributed by atoms with Crippen molar-refractivity contribution in [3.8, 4) is 0 Å². The van der Waals surface area contributed by atoms with Crippen LogP contribution in [0.5, 0.6) is 0 Å². The molecular formula is C14H24ClN3O3. The van der Waals surface area contributed by atoms with Crippen LogP contribution in [0, 0.1) is 5.92 Å². The zero-order valence-corrected chi connectivity index (χ0v) is 13.0. The molecule has 0 bridgehead atoms. The van der Waals surface area contributed by atoms with Gasteiger partial charge in [0.25, 0.3) is 0 Å². The van der Waals surface area contributed by atoms with Gasteiger partial charge in [0, 0.05) is 32.3 Å². The van der Waals surface area contributed by atoms with E-state index in [4.69, 9.17) is 10.5 Å². The van der Waals surface area contributed by atoms with Crippen LogP contribution in [0.1, 0.15) is 25.7 Å². The lowest BCUT2D eigenvalue weighted by Gasteiger charge is -2.37. The Morgan fingerprint density at radius 2 is 1.86 bits per heavy atom. The molecule has 1 saturated carbocycles. The van der Waals surface area contributed by atoms with Crippen molar-refractivity contribution in [2.75, 3.05) is 32.8 Å². The van der Waals surface area contributed by atoms with Crippen LogP contribution in [0.3, 0.4) is 0 Å². The third-order valence-corrected chi connectivity index (χ3v) is 4.62. The van der Waals surface area contributed by atoms with Gasteiger partial charge in [-0.1, -0.05) is 0 Å². The molecule has 0 radical (unpaired) electrons. The van der Waals surface area contributed by atoms with Crippen molar-refractivity contribution < 1.29 is 14.3 Å². The highest BCUT2D eigenvalue weighted by Gasteiger charge is 2.38. The van der Waals surface area contributed by atoms with Gasteiger partial charge in [-0.3, -0.25) is 9.59 Å². The molecule has 3 fully saturated rings. The highest BCUT2D eigenvalue weighted by Crippen LogP contribution is 2.28. The lowest BCUT2D eigenvalue weighted by atomic mass is 9.91. The average Bonchev–Trinajstić information content (AvgIpc) is 3.31. The zero-order valence-electron chi connectivity index (χ0n) is 12.2. The maximum absolute atomic E-state index is 12.4. The number of hydrogen-bond donors (Lipinski definition) is 1. The third kappa shape index (κ3) is 3.67. The molecule has 2 heterocycles. The number of nitrogens with two attached hydrogens (primary N) is 1. The Hall–Kier alpha value is -0.850. The first-order valence-corrected chi connectivity index (χ1v) is 7.58. The summed E-state index contributed by atoms with van der Waals surface area (Å²) in [6.07, 6.45) is 3.90. The maximum Gasteiger partial charge on any atom is 0.242 e. The average molecular weight is 318 g/mol. The molecule has 2 N–H and O–H groups in total. The van der Waals surface area contributed by atoms with E-state index in [0.29, 0.717) is 32.3 Å². The van der Waals surface area contributed by atoms with Crippen LogP contribution in [-0.2, 0) is 14.3 Å². The summed E-state index contributed by atoms with van der Waals surface area (Å²) in [7, 11) is 0. The SMILES string of the molecule is Cl.NC(C(=O)N1CCN(C2CC2)C(=O)C1)C1CCOCC1. The fraction of sp³-hybridized carbons (Fsp3) is 0.857. The van der Waals surface area contributed by atoms with E-state index in [1.165, 1.54) is 0 Å². The molecule has 0 aromatic rings. The molecule has 0 aromatic carbocycles. The predicted octanol–water partition coefficient (Wildman–Crippen LogP) is -0.00470. The first kappa shape index (κ1) is 16.5. The minimum absolute atomic E-state index is 0. The quantitative estimate of drug-likeness (QED) is 0.794. The molecule has 2 amide bonds. The second-order valence-corrected chi connectivity index (χ2v) is 6.05. The predicted molar refractivity (Wildman–Crippen MR) is 80.1 cm³/mol. The Kier molecular flexibility index (Phi) is 5.46. The maximum atomic E-state index is 12.4. The van der Waals surface area contributed by atoms with Gasteiger partial charge in [0.05, 0.1) is 12.6 Å². The molecule has 1 unspecified atom stereocenters. The number of nitrogens with zero attached hydrogens (tertiary/aromatic N) is 2. The number of ether oxygens (including phenoxy) is 1. The first-order valence-electron chi connectivity index (χ1n) is 7.58. The number of hydrogen-bond acceptors (Lipinski definition) is 4. The zero-order chi connectivity index (χ0) is 14.1. The van der Waals surface area contributed by atoms with Crippen LogP contribution < -0.4 is 5.73 Å². The molecule has 6 nitrogen and oxygen atoms in total. The second-order valence-electron chi connectivity index (χ2n) is 6.05. The monoisotopic (exact) mass is 317 g/mol. The molecule has 3 rings (SSSR count). The summed E-state index contributed by atoms with van der Waals surface area (Å²) in [5.74, 6) is 0.194. The van der Waals surface area contributed by atoms with E-state index in [0.717, 1.165) is 25.7 Å². The van der Waals surface area contributed by atoms with Crippen molar-refractivity contribution in [3.63, 3.8) is 0 Å². The Morgan fingerprint density at radius 3 is 2.43 bits per heavy atom. The molecule has 0 spiro atoms. The summed E-state index contributed by atoms with van der Waals surface area (Å²) >= 11 is 0. The van der Waals surface area contributed by atoms with Crippen LogP contribution in [-0.4, -0.2) is 66.5 Å². The van der Waals surface area contributed by atoms with E-state index in [1.807, 2.05) is 4.90 Å². The summed E-state index contributed by atoms with van der Waals surface area (Å²) in [6, 6.07) is -0.0527. The summed E-state index contributed by atoms with van der Waals surface area (Å²) in [5.41, 5.74) is 6.10. The Bertz CT molecular complexity index is 397. The van der Waals surface area contributed by atoms with Crippen molar-refractivity contribution in [3.05, 3.63) is 0 Å². The van der Waals surface area contributed by atoms with Crippen LogP contribution >= 0.6 is 12.4 Å². The minimum atomic E-state index is -0.487. The van der Waals surface area contributed by atoms with Crippen molar-refractivity contribution in [1.29, 1.82) is 0 Å². The molecule has 21 heavy (non-hydrogen) atoms. The van der Waals surface area contributed by atoms with Gasteiger partial charge >= 0.3 is 0 Å². The topological polar surface area (TPSA) is 75.9 Å². The van der Waals surface area contributed by atoms with E-state index in [9.17, 15) is 9.59 Å². The van der Waals surface area contributed by atoms with Crippen LogP contribution in [0.2, 0.25) is 0 Å². The van der Waals surface area contributed by atoms with E-state index >= 15 is 0 Å². The number of piperazine rings is 1. The molecule has 3 aliphatic rings. The number of amides is 2. The number of halogens is 1. The molecule has 1 aliphatic carbocycles. The van der Waals surface area contributed by atoms with Crippen molar-refractivity contribution in [2.45, 2.75) is 37.8 Å². The number of carbonyl (C=O) groups is 2. The van der Waals surface area contributed by atoms with Gasteiger partial charge in [-0.05, 0) is 31.6 Å². The lowest BCUT2D eigenvalue weighted by Crippen LogP contribution is -2.57. The van der Waals surface area contributed by atoms with E-state index in [2.05, 4.69) is 0 Å². The van der Waals surface area contributed by atoms with Gasteiger partial charge in [0.1, 0.15) is 0 Å². The van der Waals surface area contributed by atoms with Crippen LogP contribution in [0.4, 0.5) is 0 Å². The highest BCUT2D eigenvalue weighted by atomic mass is 35.5. The third-order valence-electron chi connectivity index (χ3n) is 4.62. The lowest BCUT2D eigenvalue weighted by molar-refractivity contribution is -0.147. The van der Waals surface area contributed by atoms with Crippen molar-refractivity contribution in [2.24, 2.45) is 11.7 Å². The van der Waals surface area contributed by atoms with Gasteiger partial charge in [-0.15, -0.1) is 12.4 Å². The Balaban J connectivity index is 0.00000161. The normalized spacial score (nSPS) is 25.5. The Morgan fingerprint density at radius 1 is 1.19 bits per heavy atom. The van der Waals surface area contributed by atoms with Gasteiger partial charge < -0.3 is 20.3 Å². The van der Waals surface area contributed by atoms with E-state index < -0.39 is 6.04 Å². The van der Waals surface area contributed by atoms with Gasteiger partial charge in [-0.2, -0.15) is 0 Å². The summed E-state index contributed by atoms with van der Waals surface area (Å²) in [4.78, 5) is 28.0. The molecule has 7 heteroatoms. The summed E-state index contributed by atoms with van der Waals surface area (Å²) in [6.45, 7) is 2.85. The molecule has 120 valence electrons. The second kappa shape index (κ2) is 6.94. The van der Waals surface area contributed by atoms with E-state index in [-0.39, 0.29) is 36.7 Å². The summed E-state index contributed by atoms with van der Waals surface area (Å²) in [5, 5.41) is 0. The first-order chi connectivity index (χ1) is 9.66. The number of carbonyl (C=O) groups excluding carboxylic acids is 2. The van der Waals surface area contributed by atoms with Crippen LogP contribution in [0.15, 0.2) is 0 Å². The van der Waals surface area contributed by atoms with Gasteiger partial charge in [-0.25, -0.2) is 0 Å². The van der Waals surface area contributed by atoms with Crippen molar-refractivity contribution in [1.82, 2.24) is 9.80 Å². The molecule has 1 atom stereocenters. The summed E-state index contributed by atoms with van der Waals surface area (Å²) < 4.78 is 5.30. The highest BCUT2D eigenvalue weighted by molar-refractivity contribution is 5.89. The Labute approximate surface area is 131 Å². The molecule has 2 saturated heterocycles. The molecule has 2 aliphatic heterocycles. The molecule has 0 aromatic heterocycles. The fourth-order valence-corrected chi connectivity index (χ4v) is 3.13. The fourth-order valence-electron chi connectivity index (χ4n) is 3.13. The minimum Gasteiger partial charge on any atom is -0.381 e. The number of rotatable bonds is 3. The van der Waals surface area contributed by atoms with Gasteiger partial charge in [0.15, 0.2) is 0 Å². The van der Waals surface area contributed by atoms with Crippen LogP contribution in [0.25, 0.3) is 0 Å². The van der Waals surface area contributed by atoms with E-state index in [1.54, 1.807) is 4.90 Å².